The summed E-state index contributed by atoms with van der Waals surface area (Å²) in [6.07, 6.45) is 2.01. The number of rotatable bonds is 1. The van der Waals surface area contributed by atoms with Crippen LogP contribution in [0.1, 0.15) is 25.6 Å². The zero-order chi connectivity index (χ0) is 10.9. The predicted octanol–water partition coefficient (Wildman–Crippen LogP) is 2.28. The van der Waals surface area contributed by atoms with E-state index >= 15 is 0 Å². The minimum atomic E-state index is 0.211. The first-order valence-corrected chi connectivity index (χ1v) is 6.18. The highest BCUT2D eigenvalue weighted by Crippen LogP contribution is 2.32. The van der Waals surface area contributed by atoms with Gasteiger partial charge in [0, 0.05) is 24.2 Å². The van der Waals surface area contributed by atoms with Crippen LogP contribution in [0.3, 0.4) is 0 Å². The maximum Gasteiger partial charge on any atom is 0.185 e. The summed E-state index contributed by atoms with van der Waals surface area (Å²) < 4.78 is 5.33. The van der Waals surface area contributed by atoms with E-state index in [0.717, 1.165) is 31.4 Å². The lowest BCUT2D eigenvalue weighted by atomic mass is 9.96. The van der Waals surface area contributed by atoms with Crippen LogP contribution >= 0.6 is 11.3 Å². The highest BCUT2D eigenvalue weighted by atomic mass is 32.1. The van der Waals surface area contributed by atoms with Crippen molar-refractivity contribution in [3.05, 3.63) is 11.1 Å². The van der Waals surface area contributed by atoms with Gasteiger partial charge in [0.05, 0.1) is 13.2 Å². The number of anilines is 1. The molecule has 0 radical (unpaired) electrons. The molecule has 1 fully saturated rings. The Morgan fingerprint density at radius 1 is 1.33 bits per heavy atom. The fourth-order valence-electron chi connectivity index (χ4n) is 1.51. The Balaban J connectivity index is 2.12. The first-order valence-electron chi connectivity index (χ1n) is 5.36. The van der Waals surface area contributed by atoms with Crippen molar-refractivity contribution in [1.82, 2.24) is 4.98 Å². The Kier molecular flexibility index (Phi) is 2.98. The van der Waals surface area contributed by atoms with Gasteiger partial charge in [-0.2, -0.15) is 0 Å². The summed E-state index contributed by atoms with van der Waals surface area (Å²) in [6, 6.07) is 0. The molecule has 0 amide bonds. The van der Waals surface area contributed by atoms with Crippen LogP contribution in [0, 0.1) is 0 Å². The summed E-state index contributed by atoms with van der Waals surface area (Å²) in [5.41, 5.74) is 0.211. The van der Waals surface area contributed by atoms with E-state index in [4.69, 9.17) is 4.74 Å². The van der Waals surface area contributed by atoms with Gasteiger partial charge in [-0.25, -0.2) is 4.98 Å². The van der Waals surface area contributed by atoms with Gasteiger partial charge in [-0.3, -0.25) is 0 Å². The molecule has 0 unspecified atom stereocenters. The summed E-state index contributed by atoms with van der Waals surface area (Å²) in [5, 5.41) is 1.14. The van der Waals surface area contributed by atoms with Crippen LogP contribution in [0.2, 0.25) is 0 Å². The van der Waals surface area contributed by atoms with Crippen LogP contribution in [0.25, 0.3) is 0 Å². The summed E-state index contributed by atoms with van der Waals surface area (Å²) >= 11 is 1.81. The molecule has 4 heteroatoms. The standard InChI is InChI=1S/C11H18N2OS/c1-11(2,3)9-8-12-10(15-9)13-4-6-14-7-5-13/h8H,4-7H2,1-3H3. The van der Waals surface area contributed by atoms with Crippen LogP contribution in [0.5, 0.6) is 0 Å². The van der Waals surface area contributed by atoms with Crippen molar-refractivity contribution >= 4 is 16.5 Å². The van der Waals surface area contributed by atoms with Gasteiger partial charge in [-0.1, -0.05) is 20.8 Å². The zero-order valence-corrected chi connectivity index (χ0v) is 10.4. The van der Waals surface area contributed by atoms with Gasteiger partial charge in [-0.15, -0.1) is 11.3 Å². The molecule has 0 bridgehead atoms. The van der Waals surface area contributed by atoms with Crippen molar-refractivity contribution < 1.29 is 4.74 Å². The smallest absolute Gasteiger partial charge is 0.185 e. The van der Waals surface area contributed by atoms with E-state index in [2.05, 4.69) is 30.7 Å². The largest absolute Gasteiger partial charge is 0.378 e. The molecule has 15 heavy (non-hydrogen) atoms. The highest BCUT2D eigenvalue weighted by molar-refractivity contribution is 7.15. The number of morpholine rings is 1. The predicted molar refractivity (Wildman–Crippen MR) is 63.8 cm³/mol. The Morgan fingerprint density at radius 3 is 2.53 bits per heavy atom. The van der Waals surface area contributed by atoms with Crippen molar-refractivity contribution in [3.63, 3.8) is 0 Å². The number of hydrogen-bond acceptors (Lipinski definition) is 4. The molecule has 1 saturated heterocycles. The van der Waals surface area contributed by atoms with E-state index in [0.29, 0.717) is 0 Å². The maximum atomic E-state index is 5.33. The van der Waals surface area contributed by atoms with Gasteiger partial charge in [0.25, 0.3) is 0 Å². The molecule has 2 heterocycles. The lowest BCUT2D eigenvalue weighted by Crippen LogP contribution is -2.36. The van der Waals surface area contributed by atoms with Crippen LogP contribution in [-0.2, 0) is 10.2 Å². The van der Waals surface area contributed by atoms with Gasteiger partial charge in [0.15, 0.2) is 5.13 Å². The van der Waals surface area contributed by atoms with E-state index in [9.17, 15) is 0 Å². The van der Waals surface area contributed by atoms with Gasteiger partial charge >= 0.3 is 0 Å². The average Bonchev–Trinajstić information content (AvgIpc) is 2.67. The van der Waals surface area contributed by atoms with Gasteiger partial charge in [0.1, 0.15) is 0 Å². The molecular weight excluding hydrogens is 208 g/mol. The van der Waals surface area contributed by atoms with E-state index < -0.39 is 0 Å². The molecule has 84 valence electrons. The van der Waals surface area contributed by atoms with Crippen molar-refractivity contribution in [3.8, 4) is 0 Å². The Hall–Kier alpha value is -0.610. The van der Waals surface area contributed by atoms with Crippen LogP contribution < -0.4 is 4.90 Å². The average molecular weight is 226 g/mol. The Labute approximate surface area is 95.1 Å². The van der Waals surface area contributed by atoms with Gasteiger partial charge < -0.3 is 9.64 Å². The minimum Gasteiger partial charge on any atom is -0.378 e. The molecular formula is C11H18N2OS. The summed E-state index contributed by atoms with van der Waals surface area (Å²) in [5.74, 6) is 0. The molecule has 1 aromatic heterocycles. The summed E-state index contributed by atoms with van der Waals surface area (Å²) in [7, 11) is 0. The molecule has 0 N–H and O–H groups in total. The minimum absolute atomic E-state index is 0.211. The second kappa shape index (κ2) is 4.10. The van der Waals surface area contributed by atoms with Crippen molar-refractivity contribution in [1.29, 1.82) is 0 Å². The number of aromatic nitrogens is 1. The second-order valence-corrected chi connectivity index (χ2v) is 5.87. The Morgan fingerprint density at radius 2 is 2.00 bits per heavy atom. The van der Waals surface area contributed by atoms with Gasteiger partial charge in [0.2, 0.25) is 0 Å². The summed E-state index contributed by atoms with van der Waals surface area (Å²) in [4.78, 5) is 8.16. The molecule has 1 aromatic rings. The summed E-state index contributed by atoms with van der Waals surface area (Å²) in [6.45, 7) is 10.3. The number of thiazole rings is 1. The van der Waals surface area contributed by atoms with Crippen molar-refractivity contribution in [2.24, 2.45) is 0 Å². The highest BCUT2D eigenvalue weighted by Gasteiger charge is 2.20. The molecule has 1 aliphatic rings. The first kappa shape index (κ1) is 10.9. The first-order chi connectivity index (χ1) is 7.07. The third-order valence-corrected chi connectivity index (χ3v) is 4.00. The van der Waals surface area contributed by atoms with Crippen LogP contribution in [0.4, 0.5) is 5.13 Å². The second-order valence-electron chi connectivity index (χ2n) is 4.86. The fraction of sp³-hybridized carbons (Fsp3) is 0.727. The topological polar surface area (TPSA) is 25.4 Å². The lowest BCUT2D eigenvalue weighted by Gasteiger charge is -2.26. The number of nitrogens with zero attached hydrogens (tertiary/aromatic N) is 2. The molecule has 1 aliphatic heterocycles. The van der Waals surface area contributed by atoms with E-state index in [1.165, 1.54) is 4.88 Å². The lowest BCUT2D eigenvalue weighted by molar-refractivity contribution is 0.122. The van der Waals surface area contributed by atoms with Crippen molar-refractivity contribution in [2.75, 3.05) is 31.2 Å². The monoisotopic (exact) mass is 226 g/mol. The zero-order valence-electron chi connectivity index (χ0n) is 9.62. The molecule has 2 rings (SSSR count). The van der Waals surface area contributed by atoms with Crippen molar-refractivity contribution in [2.45, 2.75) is 26.2 Å². The van der Waals surface area contributed by atoms with E-state index in [1.54, 1.807) is 11.3 Å². The number of ether oxygens (including phenoxy) is 1. The molecule has 0 aliphatic carbocycles. The molecule has 0 aromatic carbocycles. The molecule has 3 nitrogen and oxygen atoms in total. The third-order valence-electron chi connectivity index (χ3n) is 2.51. The van der Waals surface area contributed by atoms with Crippen LogP contribution in [-0.4, -0.2) is 31.3 Å². The normalized spacial score (nSPS) is 18.2. The van der Waals surface area contributed by atoms with E-state index in [1.807, 2.05) is 6.20 Å². The maximum absolute atomic E-state index is 5.33. The Bertz CT molecular complexity index is 324. The molecule has 0 spiro atoms. The third kappa shape index (κ3) is 2.49. The fourth-order valence-corrected chi connectivity index (χ4v) is 2.54. The van der Waals surface area contributed by atoms with E-state index in [-0.39, 0.29) is 5.41 Å². The molecule has 0 atom stereocenters. The number of hydrogen-bond donors (Lipinski definition) is 0. The molecule has 0 saturated carbocycles. The SMILES string of the molecule is CC(C)(C)c1cnc(N2CCOCC2)s1. The van der Waals surface area contributed by atoms with Crippen LogP contribution in [0.15, 0.2) is 6.20 Å². The van der Waals surface area contributed by atoms with Gasteiger partial charge in [-0.05, 0) is 5.41 Å². The quantitative estimate of drug-likeness (QED) is 0.734.